The number of para-hydroxylation sites is 1. The van der Waals surface area contributed by atoms with Crippen LogP contribution in [0.2, 0.25) is 0 Å². The number of hydrogen-bond acceptors (Lipinski definition) is 2. The van der Waals surface area contributed by atoms with E-state index >= 15 is 0 Å². The molecule has 0 spiro atoms. The molecule has 0 radical (unpaired) electrons. The van der Waals surface area contributed by atoms with E-state index in [0.717, 1.165) is 18.7 Å². The van der Waals surface area contributed by atoms with Crippen LogP contribution in [0.3, 0.4) is 0 Å². The minimum Gasteiger partial charge on any atom is -0.496 e. The van der Waals surface area contributed by atoms with Gasteiger partial charge in [-0.1, -0.05) is 61.5 Å². The van der Waals surface area contributed by atoms with E-state index in [-0.39, 0.29) is 0 Å². The number of ether oxygens (including phenoxy) is 1. The Labute approximate surface area is 138 Å². The molecule has 0 aliphatic carbocycles. The second-order valence-electron chi connectivity index (χ2n) is 5.89. The number of benzene rings is 3. The molecule has 3 rings (SSSR count). The number of methoxy groups -OCH3 is 1. The van der Waals surface area contributed by atoms with E-state index in [4.69, 9.17) is 4.74 Å². The van der Waals surface area contributed by atoms with Crippen molar-refractivity contribution in [2.75, 3.05) is 19.0 Å². The Morgan fingerprint density at radius 3 is 2.52 bits per heavy atom. The molecule has 2 nitrogen and oxygen atoms in total. The van der Waals surface area contributed by atoms with Crippen LogP contribution in [0.25, 0.3) is 10.8 Å². The molecule has 0 fully saturated rings. The number of hydrogen-bond donors (Lipinski definition) is 1. The summed E-state index contributed by atoms with van der Waals surface area (Å²) in [4.78, 5) is 0. The van der Waals surface area contributed by atoms with Gasteiger partial charge in [-0.15, -0.1) is 0 Å². The third-order valence-corrected chi connectivity index (χ3v) is 4.35. The average molecular weight is 305 g/mol. The Morgan fingerprint density at radius 1 is 0.913 bits per heavy atom. The molecule has 0 aromatic heterocycles. The van der Waals surface area contributed by atoms with E-state index in [1.54, 1.807) is 7.11 Å². The summed E-state index contributed by atoms with van der Waals surface area (Å²) in [5.41, 5.74) is 2.48. The lowest BCUT2D eigenvalue weighted by Gasteiger charge is -2.16. The maximum atomic E-state index is 5.47. The highest BCUT2D eigenvalue weighted by Gasteiger charge is 2.10. The Balaban J connectivity index is 1.67. The molecule has 118 valence electrons. The zero-order valence-electron chi connectivity index (χ0n) is 13.8. The molecule has 0 saturated heterocycles. The summed E-state index contributed by atoms with van der Waals surface area (Å²) in [7, 11) is 1.74. The summed E-state index contributed by atoms with van der Waals surface area (Å²) in [5.74, 6) is 1.43. The molecule has 1 unspecified atom stereocenters. The fourth-order valence-corrected chi connectivity index (χ4v) is 3.03. The Kier molecular flexibility index (Phi) is 4.82. The molecule has 3 aromatic carbocycles. The van der Waals surface area contributed by atoms with Gasteiger partial charge in [0.25, 0.3) is 0 Å². The molecular weight excluding hydrogens is 282 g/mol. The molecule has 0 saturated carbocycles. The minimum atomic E-state index is 0.452. The van der Waals surface area contributed by atoms with Crippen LogP contribution in [-0.4, -0.2) is 13.7 Å². The first-order valence-electron chi connectivity index (χ1n) is 8.14. The van der Waals surface area contributed by atoms with Crippen LogP contribution < -0.4 is 10.1 Å². The van der Waals surface area contributed by atoms with Crippen molar-refractivity contribution in [1.82, 2.24) is 0 Å². The normalized spacial score (nSPS) is 12.1. The number of rotatable bonds is 6. The van der Waals surface area contributed by atoms with Crippen LogP contribution >= 0.6 is 0 Å². The summed E-state index contributed by atoms with van der Waals surface area (Å²) >= 11 is 0. The van der Waals surface area contributed by atoms with E-state index in [1.165, 1.54) is 22.0 Å². The molecule has 23 heavy (non-hydrogen) atoms. The van der Waals surface area contributed by atoms with Crippen molar-refractivity contribution in [1.29, 1.82) is 0 Å². The number of fused-ring (bicyclic) bond motifs is 1. The largest absolute Gasteiger partial charge is 0.496 e. The lowest BCUT2D eigenvalue weighted by atomic mass is 9.96. The molecular formula is C21H23NO. The standard InChI is InChI=1S/C21H23NO/c1-16(18-10-5-6-13-21(18)23-2)14-15-22-20-12-7-9-17-8-3-4-11-19(17)20/h3-13,16,22H,14-15H2,1-2H3. The van der Waals surface area contributed by atoms with Gasteiger partial charge in [0.15, 0.2) is 0 Å². The fraction of sp³-hybridized carbons (Fsp3) is 0.238. The van der Waals surface area contributed by atoms with Crippen molar-refractivity contribution < 1.29 is 4.74 Å². The summed E-state index contributed by atoms with van der Waals surface area (Å²) in [5, 5.41) is 6.14. The maximum absolute atomic E-state index is 5.47. The predicted octanol–water partition coefficient (Wildman–Crippen LogP) is 5.45. The lowest BCUT2D eigenvalue weighted by molar-refractivity contribution is 0.405. The van der Waals surface area contributed by atoms with Crippen molar-refractivity contribution in [2.45, 2.75) is 19.3 Å². The molecule has 1 N–H and O–H groups in total. The molecule has 0 amide bonds. The first-order valence-corrected chi connectivity index (χ1v) is 8.14. The van der Waals surface area contributed by atoms with Crippen molar-refractivity contribution in [3.63, 3.8) is 0 Å². The third kappa shape index (κ3) is 3.48. The maximum Gasteiger partial charge on any atom is 0.122 e. The number of anilines is 1. The molecule has 1 atom stereocenters. The SMILES string of the molecule is COc1ccccc1C(C)CCNc1cccc2ccccc12. The van der Waals surface area contributed by atoms with Gasteiger partial charge in [-0.2, -0.15) is 0 Å². The zero-order chi connectivity index (χ0) is 16.1. The van der Waals surface area contributed by atoms with Crippen LogP contribution in [0, 0.1) is 0 Å². The quantitative estimate of drug-likeness (QED) is 0.653. The Morgan fingerprint density at radius 2 is 1.65 bits per heavy atom. The fourth-order valence-electron chi connectivity index (χ4n) is 3.03. The first-order chi connectivity index (χ1) is 11.3. The first kappa shape index (κ1) is 15.4. The van der Waals surface area contributed by atoms with Gasteiger partial charge in [0.1, 0.15) is 5.75 Å². The van der Waals surface area contributed by atoms with Gasteiger partial charge in [-0.3, -0.25) is 0 Å². The third-order valence-electron chi connectivity index (χ3n) is 4.35. The molecule has 2 heteroatoms. The minimum absolute atomic E-state index is 0.452. The summed E-state index contributed by atoms with van der Waals surface area (Å²) < 4.78 is 5.47. The van der Waals surface area contributed by atoms with Crippen LogP contribution in [0.5, 0.6) is 5.75 Å². The second kappa shape index (κ2) is 7.19. The van der Waals surface area contributed by atoms with Gasteiger partial charge >= 0.3 is 0 Å². The smallest absolute Gasteiger partial charge is 0.122 e. The van der Waals surface area contributed by atoms with Crippen molar-refractivity contribution in [3.8, 4) is 5.75 Å². The molecule has 0 heterocycles. The second-order valence-corrected chi connectivity index (χ2v) is 5.89. The molecule has 0 aliphatic heterocycles. The highest BCUT2D eigenvalue weighted by molar-refractivity contribution is 5.93. The summed E-state index contributed by atoms with van der Waals surface area (Å²) in [6.45, 7) is 3.19. The van der Waals surface area contributed by atoms with E-state index < -0.39 is 0 Å². The van der Waals surface area contributed by atoms with Crippen LogP contribution in [0.15, 0.2) is 66.7 Å². The van der Waals surface area contributed by atoms with Gasteiger partial charge in [0.05, 0.1) is 7.11 Å². The Bertz CT molecular complexity index is 776. The van der Waals surface area contributed by atoms with Gasteiger partial charge in [-0.25, -0.2) is 0 Å². The highest BCUT2D eigenvalue weighted by Crippen LogP contribution is 2.29. The van der Waals surface area contributed by atoms with Gasteiger partial charge in [0.2, 0.25) is 0 Å². The predicted molar refractivity (Wildman–Crippen MR) is 98.5 cm³/mol. The molecule has 0 bridgehead atoms. The van der Waals surface area contributed by atoms with Crippen molar-refractivity contribution >= 4 is 16.5 Å². The molecule has 3 aromatic rings. The Hall–Kier alpha value is -2.48. The van der Waals surface area contributed by atoms with Crippen LogP contribution in [-0.2, 0) is 0 Å². The summed E-state index contributed by atoms with van der Waals surface area (Å²) in [6.07, 6.45) is 1.06. The van der Waals surface area contributed by atoms with Gasteiger partial charge in [0, 0.05) is 17.6 Å². The summed E-state index contributed by atoms with van der Waals surface area (Å²) in [6, 6.07) is 23.2. The van der Waals surface area contributed by atoms with Gasteiger partial charge in [-0.05, 0) is 35.4 Å². The van der Waals surface area contributed by atoms with E-state index in [1.807, 2.05) is 12.1 Å². The monoisotopic (exact) mass is 305 g/mol. The van der Waals surface area contributed by atoms with Crippen LogP contribution in [0.4, 0.5) is 5.69 Å². The highest BCUT2D eigenvalue weighted by atomic mass is 16.5. The van der Waals surface area contributed by atoms with E-state index in [2.05, 4.69) is 66.8 Å². The number of nitrogens with one attached hydrogen (secondary N) is 1. The molecule has 0 aliphatic rings. The average Bonchev–Trinajstić information content (AvgIpc) is 2.61. The topological polar surface area (TPSA) is 21.3 Å². The van der Waals surface area contributed by atoms with Crippen molar-refractivity contribution in [2.24, 2.45) is 0 Å². The van der Waals surface area contributed by atoms with E-state index in [0.29, 0.717) is 5.92 Å². The zero-order valence-corrected chi connectivity index (χ0v) is 13.8. The lowest BCUT2D eigenvalue weighted by Crippen LogP contribution is -2.07. The van der Waals surface area contributed by atoms with E-state index in [9.17, 15) is 0 Å². The van der Waals surface area contributed by atoms with Crippen molar-refractivity contribution in [3.05, 3.63) is 72.3 Å². The van der Waals surface area contributed by atoms with Gasteiger partial charge < -0.3 is 10.1 Å². The van der Waals surface area contributed by atoms with Crippen LogP contribution in [0.1, 0.15) is 24.8 Å².